The lowest BCUT2D eigenvalue weighted by Crippen LogP contribution is -2.44. The predicted molar refractivity (Wildman–Crippen MR) is 112 cm³/mol. The van der Waals surface area contributed by atoms with Crippen LogP contribution >= 0.6 is 11.6 Å². The van der Waals surface area contributed by atoms with Gasteiger partial charge in [0.1, 0.15) is 16.9 Å². The Morgan fingerprint density at radius 1 is 1.38 bits per heavy atom. The zero-order valence-electron chi connectivity index (χ0n) is 16.4. The topological polar surface area (TPSA) is 88.6 Å². The second-order valence-electron chi connectivity index (χ2n) is 6.93. The summed E-state index contributed by atoms with van der Waals surface area (Å²) < 4.78 is 33.8. The molecular formula is C20H24ClN3O4S. The van der Waals surface area contributed by atoms with Gasteiger partial charge in [-0.15, -0.1) is 0 Å². The molecule has 0 saturated carbocycles. The van der Waals surface area contributed by atoms with Gasteiger partial charge in [-0.2, -0.15) is 4.31 Å². The van der Waals surface area contributed by atoms with Gasteiger partial charge in [0.15, 0.2) is 0 Å². The standard InChI is InChI=1S/C20H24ClN3O4S/c1-3-20(25)23-15-6-7-19(14(2)11-15)29(26,27)24-10-4-5-16(13-24)28-18-8-9-22-12-17(18)21/h6-9,11-12,16H,3-5,10,13H2,1-2H3,(H,23,25). The van der Waals surface area contributed by atoms with Gasteiger partial charge >= 0.3 is 0 Å². The fraction of sp³-hybridized carbons (Fsp3) is 0.400. The van der Waals surface area contributed by atoms with Crippen LogP contribution in [0.3, 0.4) is 0 Å². The molecule has 1 atom stereocenters. The summed E-state index contributed by atoms with van der Waals surface area (Å²) in [6, 6.07) is 6.50. The van der Waals surface area contributed by atoms with E-state index in [1.807, 2.05) is 0 Å². The third kappa shape index (κ3) is 5.07. The lowest BCUT2D eigenvalue weighted by Gasteiger charge is -2.32. The van der Waals surface area contributed by atoms with Crippen LogP contribution in [0.25, 0.3) is 0 Å². The number of aromatic nitrogens is 1. The van der Waals surface area contributed by atoms with Crippen LogP contribution in [-0.4, -0.2) is 42.8 Å². The molecule has 0 bridgehead atoms. The molecule has 1 unspecified atom stereocenters. The Morgan fingerprint density at radius 2 is 2.17 bits per heavy atom. The highest BCUT2D eigenvalue weighted by Crippen LogP contribution is 2.29. The van der Waals surface area contributed by atoms with Gasteiger partial charge in [0.25, 0.3) is 0 Å². The van der Waals surface area contributed by atoms with E-state index in [1.54, 1.807) is 44.3 Å². The second kappa shape index (κ2) is 9.11. The zero-order valence-corrected chi connectivity index (χ0v) is 18.0. The van der Waals surface area contributed by atoms with Gasteiger partial charge in [-0.25, -0.2) is 8.42 Å². The summed E-state index contributed by atoms with van der Waals surface area (Å²) in [7, 11) is -3.68. The summed E-state index contributed by atoms with van der Waals surface area (Å²) in [4.78, 5) is 15.7. The smallest absolute Gasteiger partial charge is 0.243 e. The summed E-state index contributed by atoms with van der Waals surface area (Å²) in [6.45, 7) is 4.16. The van der Waals surface area contributed by atoms with E-state index in [0.29, 0.717) is 41.4 Å². The summed E-state index contributed by atoms with van der Waals surface area (Å²) in [5, 5.41) is 3.14. The molecule has 1 amide bonds. The van der Waals surface area contributed by atoms with Crippen molar-refractivity contribution < 1.29 is 17.9 Å². The summed E-state index contributed by atoms with van der Waals surface area (Å²) in [6.07, 6.45) is 4.58. The number of nitrogens with zero attached hydrogens (tertiary/aromatic N) is 2. The minimum absolute atomic E-state index is 0.120. The van der Waals surface area contributed by atoms with Crippen LogP contribution < -0.4 is 10.1 Å². The number of rotatable bonds is 6. The van der Waals surface area contributed by atoms with E-state index in [9.17, 15) is 13.2 Å². The highest BCUT2D eigenvalue weighted by Gasteiger charge is 2.32. The Balaban J connectivity index is 1.76. The molecule has 1 N–H and O–H groups in total. The first kappa shape index (κ1) is 21.5. The van der Waals surface area contributed by atoms with E-state index in [2.05, 4.69) is 10.3 Å². The molecule has 1 aliphatic heterocycles. The van der Waals surface area contributed by atoms with E-state index in [4.69, 9.17) is 16.3 Å². The first-order valence-electron chi connectivity index (χ1n) is 9.48. The molecule has 29 heavy (non-hydrogen) atoms. The molecule has 2 aromatic rings. The van der Waals surface area contributed by atoms with Crippen molar-refractivity contribution in [1.29, 1.82) is 0 Å². The minimum Gasteiger partial charge on any atom is -0.487 e. The Labute approximate surface area is 176 Å². The van der Waals surface area contributed by atoms with Crippen LogP contribution in [0, 0.1) is 6.92 Å². The van der Waals surface area contributed by atoms with Crippen molar-refractivity contribution in [1.82, 2.24) is 9.29 Å². The Kier molecular flexibility index (Phi) is 6.77. The number of ether oxygens (including phenoxy) is 1. The number of carbonyl (C=O) groups is 1. The van der Waals surface area contributed by atoms with Gasteiger partial charge in [0, 0.05) is 37.1 Å². The molecule has 7 nitrogen and oxygen atoms in total. The molecule has 1 aromatic carbocycles. The van der Waals surface area contributed by atoms with Gasteiger partial charge in [0.05, 0.1) is 11.4 Å². The number of anilines is 1. The summed E-state index contributed by atoms with van der Waals surface area (Å²) >= 11 is 6.10. The summed E-state index contributed by atoms with van der Waals surface area (Å²) in [5.74, 6) is 0.379. The maximum atomic E-state index is 13.2. The van der Waals surface area contributed by atoms with Crippen molar-refractivity contribution in [3.05, 3.63) is 47.2 Å². The van der Waals surface area contributed by atoms with Gasteiger partial charge in [-0.05, 0) is 43.5 Å². The number of benzene rings is 1. The highest BCUT2D eigenvalue weighted by molar-refractivity contribution is 7.89. The van der Waals surface area contributed by atoms with Crippen molar-refractivity contribution in [2.24, 2.45) is 0 Å². The molecule has 1 fully saturated rings. The van der Waals surface area contributed by atoms with E-state index >= 15 is 0 Å². The minimum atomic E-state index is -3.68. The fourth-order valence-corrected chi connectivity index (χ4v) is 5.14. The van der Waals surface area contributed by atoms with Gasteiger partial charge in [0.2, 0.25) is 15.9 Å². The van der Waals surface area contributed by atoms with E-state index < -0.39 is 10.0 Å². The Bertz CT molecular complexity index is 997. The van der Waals surface area contributed by atoms with Gasteiger partial charge < -0.3 is 10.1 Å². The predicted octanol–water partition coefficient (Wildman–Crippen LogP) is 3.62. The van der Waals surface area contributed by atoms with Crippen molar-refractivity contribution in [2.45, 2.75) is 44.1 Å². The number of piperidine rings is 1. The van der Waals surface area contributed by atoms with Crippen molar-refractivity contribution >= 4 is 33.2 Å². The highest BCUT2D eigenvalue weighted by atomic mass is 35.5. The Hall–Kier alpha value is -2.16. The molecule has 0 aliphatic carbocycles. The molecule has 1 aliphatic rings. The number of amides is 1. The molecule has 3 rings (SSSR count). The number of hydrogen-bond acceptors (Lipinski definition) is 5. The van der Waals surface area contributed by atoms with Gasteiger partial charge in [-0.3, -0.25) is 9.78 Å². The lowest BCUT2D eigenvalue weighted by atomic mass is 10.1. The first-order valence-corrected chi connectivity index (χ1v) is 11.3. The largest absolute Gasteiger partial charge is 0.487 e. The molecule has 0 radical (unpaired) electrons. The number of hydrogen-bond donors (Lipinski definition) is 1. The van der Waals surface area contributed by atoms with Crippen LogP contribution in [-0.2, 0) is 14.8 Å². The molecule has 156 valence electrons. The zero-order chi connectivity index (χ0) is 21.0. The van der Waals surface area contributed by atoms with E-state index in [-0.39, 0.29) is 23.5 Å². The number of halogens is 1. The third-order valence-electron chi connectivity index (χ3n) is 4.77. The first-order chi connectivity index (χ1) is 13.8. The maximum Gasteiger partial charge on any atom is 0.243 e. The third-order valence-corrected chi connectivity index (χ3v) is 7.08. The second-order valence-corrected chi connectivity index (χ2v) is 9.25. The van der Waals surface area contributed by atoms with Crippen LogP contribution in [0.1, 0.15) is 31.7 Å². The molecule has 1 saturated heterocycles. The van der Waals surface area contributed by atoms with Crippen molar-refractivity contribution in [3.8, 4) is 5.75 Å². The quantitative estimate of drug-likeness (QED) is 0.745. The maximum absolute atomic E-state index is 13.2. The number of pyridine rings is 1. The van der Waals surface area contributed by atoms with Crippen LogP contribution in [0.5, 0.6) is 5.75 Å². The molecule has 2 heterocycles. The normalized spacial score (nSPS) is 17.7. The fourth-order valence-electron chi connectivity index (χ4n) is 3.26. The Morgan fingerprint density at radius 3 is 2.86 bits per heavy atom. The van der Waals surface area contributed by atoms with Crippen LogP contribution in [0.2, 0.25) is 5.02 Å². The van der Waals surface area contributed by atoms with Crippen molar-refractivity contribution in [2.75, 3.05) is 18.4 Å². The average Bonchev–Trinajstić information content (AvgIpc) is 2.70. The van der Waals surface area contributed by atoms with E-state index in [0.717, 1.165) is 6.42 Å². The average molecular weight is 438 g/mol. The number of aryl methyl sites for hydroxylation is 1. The SMILES string of the molecule is CCC(=O)Nc1ccc(S(=O)(=O)N2CCCC(Oc3ccncc3Cl)C2)c(C)c1. The van der Waals surface area contributed by atoms with Crippen LogP contribution in [0.4, 0.5) is 5.69 Å². The molecule has 0 spiro atoms. The monoisotopic (exact) mass is 437 g/mol. The molecular weight excluding hydrogens is 414 g/mol. The van der Waals surface area contributed by atoms with Crippen LogP contribution in [0.15, 0.2) is 41.6 Å². The number of carbonyl (C=O) groups excluding carboxylic acids is 1. The van der Waals surface area contributed by atoms with E-state index in [1.165, 1.54) is 10.5 Å². The van der Waals surface area contributed by atoms with Gasteiger partial charge in [-0.1, -0.05) is 18.5 Å². The molecule has 1 aromatic heterocycles. The molecule has 9 heteroatoms. The van der Waals surface area contributed by atoms with Crippen molar-refractivity contribution in [3.63, 3.8) is 0 Å². The number of sulfonamides is 1. The lowest BCUT2D eigenvalue weighted by molar-refractivity contribution is -0.115. The number of nitrogens with one attached hydrogen (secondary N) is 1. The summed E-state index contributed by atoms with van der Waals surface area (Å²) in [5.41, 5.74) is 1.17.